The highest BCUT2D eigenvalue weighted by Crippen LogP contribution is 2.25. The lowest BCUT2D eigenvalue weighted by Crippen LogP contribution is -2.41. The van der Waals surface area contributed by atoms with Gasteiger partial charge in [0.15, 0.2) is 0 Å². The van der Waals surface area contributed by atoms with Crippen LogP contribution in [0.15, 0.2) is 59.0 Å². The largest absolute Gasteiger partial charge is 0.438 e. The molecular formula is C23H20N4O4. The minimum absolute atomic E-state index is 0.0309. The van der Waals surface area contributed by atoms with E-state index >= 15 is 0 Å². The number of benzene rings is 1. The molecule has 1 fully saturated rings. The van der Waals surface area contributed by atoms with E-state index < -0.39 is 11.5 Å². The fourth-order valence-electron chi connectivity index (χ4n) is 3.30. The molecule has 8 heteroatoms. The Labute approximate surface area is 178 Å². The molecule has 0 unspecified atom stereocenters. The average molecular weight is 416 g/mol. The van der Waals surface area contributed by atoms with Gasteiger partial charge in [-0.1, -0.05) is 18.2 Å². The fourth-order valence-corrected chi connectivity index (χ4v) is 3.30. The number of carbonyl (C=O) groups excluding carboxylic acids is 1. The third kappa shape index (κ3) is 4.32. The minimum atomic E-state index is -0.454. The molecule has 1 amide bonds. The molecule has 1 aliphatic heterocycles. The summed E-state index contributed by atoms with van der Waals surface area (Å²) >= 11 is 0. The Kier molecular flexibility index (Phi) is 5.78. The Balaban J connectivity index is 1.83. The summed E-state index contributed by atoms with van der Waals surface area (Å²) in [7, 11) is 0. The quantitative estimate of drug-likeness (QED) is 0.479. The maximum atomic E-state index is 13.2. The highest BCUT2D eigenvalue weighted by atomic mass is 16.5. The van der Waals surface area contributed by atoms with Gasteiger partial charge in [0.2, 0.25) is 5.88 Å². The van der Waals surface area contributed by atoms with Crippen LogP contribution in [0.1, 0.15) is 11.1 Å². The number of pyridine rings is 1. The molecule has 31 heavy (non-hydrogen) atoms. The molecular weight excluding hydrogens is 396 g/mol. The summed E-state index contributed by atoms with van der Waals surface area (Å²) in [5.74, 6) is 0.0778. The number of carbonyl (C=O) groups is 1. The molecule has 0 bridgehead atoms. The van der Waals surface area contributed by atoms with Crippen LogP contribution in [0, 0.1) is 18.3 Å². The summed E-state index contributed by atoms with van der Waals surface area (Å²) in [6, 6.07) is 14.4. The molecule has 2 aromatic heterocycles. The Bertz CT molecular complexity index is 1270. The smallest absolute Gasteiger partial charge is 0.269 e. The van der Waals surface area contributed by atoms with Crippen LogP contribution >= 0.6 is 0 Å². The van der Waals surface area contributed by atoms with Gasteiger partial charge in [-0.25, -0.2) is 0 Å². The fraction of sp³-hybridized carbons (Fsp3) is 0.217. The second-order valence-electron chi connectivity index (χ2n) is 7.06. The van der Waals surface area contributed by atoms with Gasteiger partial charge in [-0.3, -0.25) is 14.0 Å². The monoisotopic (exact) mass is 416 g/mol. The number of aromatic nitrogens is 2. The first-order valence-corrected chi connectivity index (χ1v) is 9.81. The van der Waals surface area contributed by atoms with Gasteiger partial charge >= 0.3 is 0 Å². The summed E-state index contributed by atoms with van der Waals surface area (Å²) in [6.45, 7) is 3.52. The molecule has 1 saturated heterocycles. The van der Waals surface area contributed by atoms with Crippen molar-refractivity contribution in [1.82, 2.24) is 14.3 Å². The molecule has 0 saturated carbocycles. The van der Waals surface area contributed by atoms with E-state index in [1.54, 1.807) is 30.5 Å². The third-order valence-electron chi connectivity index (χ3n) is 4.88. The number of ether oxygens (including phenoxy) is 2. The van der Waals surface area contributed by atoms with Crippen LogP contribution in [0.2, 0.25) is 0 Å². The van der Waals surface area contributed by atoms with Crippen molar-refractivity contribution >= 4 is 17.6 Å². The molecule has 1 aromatic carbocycles. The Hall–Kier alpha value is -3.96. The highest BCUT2D eigenvalue weighted by molar-refractivity contribution is 6.02. The molecule has 3 heterocycles. The predicted molar refractivity (Wildman–Crippen MR) is 114 cm³/mol. The Morgan fingerprint density at radius 3 is 2.77 bits per heavy atom. The Morgan fingerprint density at radius 1 is 1.23 bits per heavy atom. The van der Waals surface area contributed by atoms with E-state index in [9.17, 15) is 14.9 Å². The van der Waals surface area contributed by atoms with Crippen LogP contribution in [0.3, 0.4) is 0 Å². The van der Waals surface area contributed by atoms with Gasteiger partial charge in [0.1, 0.15) is 28.6 Å². The second kappa shape index (κ2) is 8.81. The van der Waals surface area contributed by atoms with E-state index in [0.717, 1.165) is 5.56 Å². The van der Waals surface area contributed by atoms with E-state index in [1.165, 1.54) is 15.4 Å². The maximum absolute atomic E-state index is 13.2. The minimum Gasteiger partial charge on any atom is -0.438 e. The van der Waals surface area contributed by atoms with Crippen molar-refractivity contribution in [2.75, 3.05) is 26.3 Å². The van der Waals surface area contributed by atoms with Crippen molar-refractivity contribution in [2.45, 2.75) is 6.92 Å². The summed E-state index contributed by atoms with van der Waals surface area (Å²) in [5.41, 5.74) is 0.808. The summed E-state index contributed by atoms with van der Waals surface area (Å²) in [5, 5.41) is 9.64. The van der Waals surface area contributed by atoms with Gasteiger partial charge in [0.25, 0.3) is 11.5 Å². The normalized spacial score (nSPS) is 14.3. The number of rotatable bonds is 4. The van der Waals surface area contributed by atoms with Gasteiger partial charge < -0.3 is 14.4 Å². The van der Waals surface area contributed by atoms with Crippen molar-refractivity contribution in [3.05, 3.63) is 75.7 Å². The van der Waals surface area contributed by atoms with Crippen LogP contribution < -0.4 is 10.3 Å². The first kappa shape index (κ1) is 20.3. The molecule has 0 spiro atoms. The summed E-state index contributed by atoms with van der Waals surface area (Å²) in [6.07, 6.45) is 2.84. The standard InChI is InChI=1S/C23H20N4O4/c1-16-5-4-6-18(13-16)31-21-19(23(29)27-8-3-2-7-20(27)25-21)14-17(15-24)22(28)26-9-11-30-12-10-26/h2-8,13-14H,9-12H2,1H3/b17-14+. The molecule has 0 atom stereocenters. The molecule has 0 aliphatic carbocycles. The number of morpholine rings is 1. The van der Waals surface area contributed by atoms with E-state index in [1.807, 2.05) is 31.2 Å². The zero-order chi connectivity index (χ0) is 21.8. The van der Waals surface area contributed by atoms with Crippen molar-refractivity contribution in [1.29, 1.82) is 5.26 Å². The molecule has 4 rings (SSSR count). The number of fused-ring (bicyclic) bond motifs is 1. The summed E-state index contributed by atoms with van der Waals surface area (Å²) < 4.78 is 12.5. The van der Waals surface area contributed by atoms with E-state index in [-0.39, 0.29) is 17.0 Å². The van der Waals surface area contributed by atoms with Crippen LogP contribution in [-0.2, 0) is 9.53 Å². The first-order valence-electron chi connectivity index (χ1n) is 9.81. The number of nitrogens with zero attached hydrogens (tertiary/aromatic N) is 4. The zero-order valence-electron chi connectivity index (χ0n) is 16.9. The lowest BCUT2D eigenvalue weighted by atomic mass is 10.1. The van der Waals surface area contributed by atoms with E-state index in [2.05, 4.69) is 4.98 Å². The number of aryl methyl sites for hydroxylation is 1. The lowest BCUT2D eigenvalue weighted by molar-refractivity contribution is -0.130. The number of nitriles is 1. The lowest BCUT2D eigenvalue weighted by Gasteiger charge is -2.26. The van der Waals surface area contributed by atoms with Gasteiger partial charge in [-0.2, -0.15) is 10.2 Å². The number of hydrogen-bond donors (Lipinski definition) is 0. The van der Waals surface area contributed by atoms with Gasteiger partial charge in [-0.15, -0.1) is 0 Å². The van der Waals surface area contributed by atoms with Gasteiger partial charge in [-0.05, 0) is 42.8 Å². The van der Waals surface area contributed by atoms with Crippen molar-refractivity contribution in [2.24, 2.45) is 0 Å². The maximum Gasteiger partial charge on any atom is 0.269 e. The van der Waals surface area contributed by atoms with Crippen LogP contribution in [0.5, 0.6) is 11.6 Å². The van der Waals surface area contributed by atoms with Gasteiger partial charge in [0, 0.05) is 19.3 Å². The molecule has 1 aliphatic rings. The van der Waals surface area contributed by atoms with Crippen molar-refractivity contribution in [3.63, 3.8) is 0 Å². The van der Waals surface area contributed by atoms with E-state index in [0.29, 0.717) is 37.7 Å². The topological polar surface area (TPSA) is 96.9 Å². The third-order valence-corrected chi connectivity index (χ3v) is 4.88. The number of amides is 1. The highest BCUT2D eigenvalue weighted by Gasteiger charge is 2.23. The molecule has 8 nitrogen and oxygen atoms in total. The molecule has 0 N–H and O–H groups in total. The molecule has 3 aromatic rings. The average Bonchev–Trinajstić information content (AvgIpc) is 2.79. The van der Waals surface area contributed by atoms with Crippen molar-refractivity contribution < 1.29 is 14.3 Å². The molecule has 0 radical (unpaired) electrons. The van der Waals surface area contributed by atoms with Crippen LogP contribution in [0.25, 0.3) is 11.7 Å². The SMILES string of the molecule is Cc1cccc(Oc2nc3ccccn3c(=O)c2/C=C(\C#N)C(=O)N2CCOCC2)c1. The van der Waals surface area contributed by atoms with Crippen LogP contribution in [-0.4, -0.2) is 46.5 Å². The van der Waals surface area contributed by atoms with Crippen LogP contribution in [0.4, 0.5) is 0 Å². The zero-order valence-corrected chi connectivity index (χ0v) is 16.9. The van der Waals surface area contributed by atoms with Gasteiger partial charge in [0.05, 0.1) is 13.2 Å². The number of hydrogen-bond acceptors (Lipinski definition) is 6. The van der Waals surface area contributed by atoms with Crippen molar-refractivity contribution in [3.8, 4) is 17.7 Å². The van der Waals surface area contributed by atoms with E-state index in [4.69, 9.17) is 9.47 Å². The second-order valence-corrected chi connectivity index (χ2v) is 7.06. The summed E-state index contributed by atoms with van der Waals surface area (Å²) in [4.78, 5) is 32.0. The first-order chi connectivity index (χ1) is 15.1. The predicted octanol–water partition coefficient (Wildman–Crippen LogP) is 2.56. The molecule has 156 valence electrons. The Morgan fingerprint density at radius 2 is 2.03 bits per heavy atom.